The summed E-state index contributed by atoms with van der Waals surface area (Å²) in [5.74, 6) is 0. The first-order chi connectivity index (χ1) is 14.4. The molecule has 0 amide bonds. The topological polar surface area (TPSA) is 18.5 Å². The fourth-order valence-electron chi connectivity index (χ4n) is 3.63. The van der Waals surface area contributed by atoms with Gasteiger partial charge < -0.3 is 4.89 Å². The van der Waals surface area contributed by atoms with E-state index in [1.54, 1.807) is 6.26 Å². The normalized spacial score (nSPS) is 11.3. The lowest BCUT2D eigenvalue weighted by Crippen LogP contribution is -1.89. The highest BCUT2D eigenvalue weighted by atomic mass is 17.2. The van der Waals surface area contributed by atoms with Crippen LogP contribution in [0.15, 0.2) is 42.7 Å². The fraction of sp³-hybridized carbons (Fsp3) is 0.704. The van der Waals surface area contributed by atoms with Crippen LogP contribution in [0.5, 0.6) is 0 Å². The average Bonchev–Trinajstić information content (AvgIpc) is 2.75. The van der Waals surface area contributed by atoms with Gasteiger partial charge in [-0.05, 0) is 24.5 Å². The third-order valence-corrected chi connectivity index (χ3v) is 5.51. The molecule has 1 aromatic rings. The van der Waals surface area contributed by atoms with Crippen molar-refractivity contribution in [1.29, 1.82) is 0 Å². The first-order valence-corrected chi connectivity index (χ1v) is 12.4. The van der Waals surface area contributed by atoms with Crippen LogP contribution in [0.1, 0.15) is 122 Å². The summed E-state index contributed by atoms with van der Waals surface area (Å²) < 4.78 is 0. The summed E-state index contributed by atoms with van der Waals surface area (Å²) in [4.78, 5) is 10.3. The zero-order chi connectivity index (χ0) is 20.7. The van der Waals surface area contributed by atoms with Gasteiger partial charge in [0.15, 0.2) is 0 Å². The van der Waals surface area contributed by atoms with Gasteiger partial charge in [0.2, 0.25) is 0 Å². The van der Waals surface area contributed by atoms with Crippen LogP contribution in [0.4, 0.5) is 0 Å². The van der Waals surface area contributed by atoms with Crippen LogP contribution >= 0.6 is 0 Å². The van der Waals surface area contributed by atoms with Crippen LogP contribution in [0.3, 0.4) is 0 Å². The molecule has 0 radical (unpaired) electrons. The van der Waals surface area contributed by atoms with Gasteiger partial charge in [-0.3, -0.25) is 0 Å². The van der Waals surface area contributed by atoms with Crippen molar-refractivity contribution in [2.45, 2.75) is 123 Å². The van der Waals surface area contributed by atoms with Crippen molar-refractivity contribution in [2.24, 2.45) is 0 Å². The van der Waals surface area contributed by atoms with Gasteiger partial charge in [0.05, 0.1) is 0 Å². The van der Waals surface area contributed by atoms with Gasteiger partial charge in [-0.15, -0.1) is 0 Å². The zero-order valence-corrected chi connectivity index (χ0v) is 19.1. The van der Waals surface area contributed by atoms with Crippen molar-refractivity contribution in [2.75, 3.05) is 0 Å². The van der Waals surface area contributed by atoms with Crippen molar-refractivity contribution in [3.63, 3.8) is 0 Å². The first kappa shape index (κ1) is 25.8. The van der Waals surface area contributed by atoms with Crippen LogP contribution < -0.4 is 0 Å². The number of benzene rings is 1. The minimum absolute atomic E-state index is 0.490. The molecule has 0 atom stereocenters. The quantitative estimate of drug-likeness (QED) is 0.0882. The number of hydrogen-bond donors (Lipinski definition) is 0. The Morgan fingerprint density at radius 1 is 0.621 bits per heavy atom. The maximum absolute atomic E-state index is 5.17. The maximum Gasteiger partial charge on any atom is 0.125 e. The number of hydrogen-bond acceptors (Lipinski definition) is 2. The summed E-state index contributed by atoms with van der Waals surface area (Å²) in [6.07, 6.45) is 27.4. The summed E-state index contributed by atoms with van der Waals surface area (Å²) in [5, 5.41) is 0. The van der Waals surface area contributed by atoms with E-state index in [2.05, 4.69) is 13.0 Å². The third kappa shape index (κ3) is 18.5. The van der Waals surface area contributed by atoms with Crippen LogP contribution in [-0.4, -0.2) is 0 Å². The molecule has 0 aromatic heterocycles. The highest BCUT2D eigenvalue weighted by Gasteiger charge is 1.94. The molecule has 1 rings (SSSR count). The Bertz CT molecular complexity index is 455. The van der Waals surface area contributed by atoms with Crippen molar-refractivity contribution >= 4 is 0 Å². The Hall–Kier alpha value is -1.28. The van der Waals surface area contributed by atoms with E-state index in [1.807, 2.05) is 30.3 Å². The molecule has 0 aliphatic carbocycles. The second-order valence-corrected chi connectivity index (χ2v) is 8.31. The molecule has 0 aliphatic rings. The maximum atomic E-state index is 5.17. The Labute approximate surface area is 181 Å². The summed E-state index contributed by atoms with van der Waals surface area (Å²) in [7, 11) is 0. The van der Waals surface area contributed by atoms with Crippen LogP contribution in [0.2, 0.25) is 0 Å². The summed E-state index contributed by atoms with van der Waals surface area (Å²) in [6.45, 7) is 2.78. The average molecular weight is 403 g/mol. The highest BCUT2D eigenvalue weighted by Crippen LogP contribution is 2.14. The molecule has 2 heteroatoms. The molecule has 0 saturated heterocycles. The van der Waals surface area contributed by atoms with E-state index in [1.165, 1.54) is 103 Å². The molecule has 1 aromatic carbocycles. The molecule has 166 valence electrons. The SMILES string of the molecule is CCCCCCCCCCCCCCCCCCC=COOCc1ccccc1. The van der Waals surface area contributed by atoms with Gasteiger partial charge in [0.1, 0.15) is 12.9 Å². The van der Waals surface area contributed by atoms with E-state index in [0.29, 0.717) is 6.61 Å². The van der Waals surface area contributed by atoms with E-state index < -0.39 is 0 Å². The Kier molecular flexibility index (Phi) is 19.0. The van der Waals surface area contributed by atoms with Crippen molar-refractivity contribution in [3.8, 4) is 0 Å². The van der Waals surface area contributed by atoms with Gasteiger partial charge in [-0.2, -0.15) is 4.89 Å². The highest BCUT2D eigenvalue weighted by molar-refractivity contribution is 5.13. The lowest BCUT2D eigenvalue weighted by Gasteiger charge is -2.03. The first-order valence-electron chi connectivity index (χ1n) is 12.4. The molecule has 29 heavy (non-hydrogen) atoms. The van der Waals surface area contributed by atoms with Gasteiger partial charge in [0, 0.05) is 0 Å². The molecule has 0 heterocycles. The number of unbranched alkanes of at least 4 members (excludes halogenated alkanes) is 16. The zero-order valence-electron chi connectivity index (χ0n) is 19.1. The van der Waals surface area contributed by atoms with E-state index in [4.69, 9.17) is 9.78 Å². The summed E-state index contributed by atoms with van der Waals surface area (Å²) >= 11 is 0. The van der Waals surface area contributed by atoms with Crippen LogP contribution in [0, 0.1) is 0 Å². The molecule has 0 spiro atoms. The minimum atomic E-state index is 0.490. The van der Waals surface area contributed by atoms with Gasteiger partial charge >= 0.3 is 0 Å². The second kappa shape index (κ2) is 21.4. The van der Waals surface area contributed by atoms with E-state index in [0.717, 1.165) is 12.0 Å². The van der Waals surface area contributed by atoms with Crippen LogP contribution in [-0.2, 0) is 16.4 Å². The summed E-state index contributed by atoms with van der Waals surface area (Å²) in [5.41, 5.74) is 1.12. The molecule has 0 N–H and O–H groups in total. The molecule has 0 unspecified atom stereocenters. The minimum Gasteiger partial charge on any atom is -0.345 e. The van der Waals surface area contributed by atoms with Gasteiger partial charge in [-0.25, -0.2) is 0 Å². The van der Waals surface area contributed by atoms with Crippen LogP contribution in [0.25, 0.3) is 0 Å². The second-order valence-electron chi connectivity index (χ2n) is 8.31. The van der Waals surface area contributed by atoms with E-state index in [-0.39, 0.29) is 0 Å². The van der Waals surface area contributed by atoms with Gasteiger partial charge in [-0.1, -0.05) is 134 Å². The van der Waals surface area contributed by atoms with Gasteiger partial charge in [0.25, 0.3) is 0 Å². The lowest BCUT2D eigenvalue weighted by atomic mass is 10.0. The standard InChI is InChI=1S/C27H46O2/c1-2-3-4-5-6-7-8-9-10-11-12-13-14-15-16-17-18-22-25-28-29-26-27-23-20-19-21-24-27/h19-25H,2-18,26H2,1H3. The van der Waals surface area contributed by atoms with E-state index in [9.17, 15) is 0 Å². The third-order valence-electron chi connectivity index (χ3n) is 5.51. The number of rotatable bonds is 21. The van der Waals surface area contributed by atoms with Crippen molar-refractivity contribution < 1.29 is 9.78 Å². The fourth-order valence-corrected chi connectivity index (χ4v) is 3.63. The monoisotopic (exact) mass is 402 g/mol. The molecule has 2 nitrogen and oxygen atoms in total. The number of allylic oxidation sites excluding steroid dienone is 1. The summed E-state index contributed by atoms with van der Waals surface area (Å²) in [6, 6.07) is 10.1. The smallest absolute Gasteiger partial charge is 0.125 e. The Morgan fingerprint density at radius 2 is 1.10 bits per heavy atom. The molecular weight excluding hydrogens is 356 g/mol. The lowest BCUT2D eigenvalue weighted by molar-refractivity contribution is -0.259. The molecular formula is C27H46O2. The molecule has 0 bridgehead atoms. The Morgan fingerprint density at radius 3 is 1.62 bits per heavy atom. The predicted octanol–water partition coefficient (Wildman–Crippen LogP) is 9.30. The van der Waals surface area contributed by atoms with Crippen molar-refractivity contribution in [3.05, 3.63) is 48.2 Å². The molecule has 0 saturated carbocycles. The molecule has 0 aliphatic heterocycles. The Balaban J connectivity index is 1.70. The molecule has 0 fully saturated rings. The van der Waals surface area contributed by atoms with E-state index >= 15 is 0 Å². The predicted molar refractivity (Wildman–Crippen MR) is 126 cm³/mol. The largest absolute Gasteiger partial charge is 0.345 e. The van der Waals surface area contributed by atoms with Crippen molar-refractivity contribution in [1.82, 2.24) is 0 Å².